The number of rotatable bonds is 4. The second-order valence-electron chi connectivity index (χ2n) is 3.18. The van der Waals surface area contributed by atoms with Gasteiger partial charge in [-0.15, -0.1) is 0 Å². The van der Waals surface area contributed by atoms with Crippen LogP contribution in [0.5, 0.6) is 5.75 Å². The van der Waals surface area contributed by atoms with E-state index >= 15 is 0 Å². The lowest BCUT2D eigenvalue weighted by Gasteiger charge is -2.02. The van der Waals surface area contributed by atoms with Crippen LogP contribution in [-0.2, 0) is 6.42 Å². The molecule has 0 N–H and O–H groups in total. The molecule has 1 aromatic carbocycles. The zero-order valence-electron chi connectivity index (χ0n) is 8.59. The average molecular weight is 302 g/mol. The minimum absolute atomic E-state index is 0.942. The quantitative estimate of drug-likeness (QED) is 0.765. The van der Waals surface area contributed by atoms with Gasteiger partial charge in [-0.05, 0) is 63.6 Å². The molecule has 0 amide bonds. The molecule has 0 atom stereocenters. The Morgan fingerprint density at radius 3 is 2.93 bits per heavy atom. The van der Waals surface area contributed by atoms with Gasteiger partial charge in [-0.1, -0.05) is 18.2 Å². The Balaban J connectivity index is 2.54. The summed E-state index contributed by atoms with van der Waals surface area (Å²) in [7, 11) is 1.70. The third-order valence-electron chi connectivity index (χ3n) is 1.99. The molecule has 0 radical (unpaired) electrons. The normalized spacial score (nSPS) is 11.5. The number of hydrogen-bond donors (Lipinski definition) is 0. The van der Waals surface area contributed by atoms with E-state index in [1.807, 2.05) is 12.1 Å². The maximum absolute atomic E-state index is 5.17. The van der Waals surface area contributed by atoms with Crippen LogP contribution in [0.15, 0.2) is 33.9 Å². The first-order chi connectivity index (χ1) is 6.72. The predicted molar refractivity (Wildman–Crippen MR) is 69.1 cm³/mol. The minimum atomic E-state index is 0.942. The van der Waals surface area contributed by atoms with Crippen LogP contribution < -0.4 is 4.74 Å². The highest BCUT2D eigenvalue weighted by atomic mass is 127. The molecule has 0 saturated carbocycles. The Morgan fingerprint density at radius 1 is 1.50 bits per heavy atom. The van der Waals surface area contributed by atoms with Crippen molar-refractivity contribution >= 4 is 22.6 Å². The maximum atomic E-state index is 5.17. The van der Waals surface area contributed by atoms with Gasteiger partial charge in [0.2, 0.25) is 0 Å². The fourth-order valence-electron chi connectivity index (χ4n) is 1.27. The Hall–Kier alpha value is -0.510. The van der Waals surface area contributed by atoms with E-state index in [4.69, 9.17) is 4.74 Å². The summed E-state index contributed by atoms with van der Waals surface area (Å²) in [5, 5.41) is 0. The summed E-state index contributed by atoms with van der Waals surface area (Å²) in [5.41, 5.74) is 1.33. The molecule has 0 aliphatic heterocycles. The molecular formula is C12H15IO. The van der Waals surface area contributed by atoms with E-state index in [9.17, 15) is 0 Å². The second kappa shape index (κ2) is 6.06. The van der Waals surface area contributed by atoms with Gasteiger partial charge in [-0.3, -0.25) is 0 Å². The molecule has 0 fully saturated rings. The van der Waals surface area contributed by atoms with Crippen LogP contribution in [-0.4, -0.2) is 7.11 Å². The maximum Gasteiger partial charge on any atom is 0.119 e. The van der Waals surface area contributed by atoms with Crippen LogP contribution in [0.25, 0.3) is 0 Å². The zero-order chi connectivity index (χ0) is 10.4. The summed E-state index contributed by atoms with van der Waals surface area (Å²) in [6.07, 6.45) is 4.43. The Bertz CT molecular complexity index is 314. The van der Waals surface area contributed by atoms with Crippen molar-refractivity contribution in [1.29, 1.82) is 0 Å². The van der Waals surface area contributed by atoms with E-state index in [1.165, 1.54) is 9.14 Å². The van der Waals surface area contributed by atoms with E-state index in [-0.39, 0.29) is 0 Å². The highest BCUT2D eigenvalue weighted by molar-refractivity contribution is 14.1. The van der Waals surface area contributed by atoms with Crippen molar-refractivity contribution < 1.29 is 4.74 Å². The van der Waals surface area contributed by atoms with Crippen LogP contribution >= 0.6 is 22.6 Å². The van der Waals surface area contributed by atoms with Crippen LogP contribution in [0.4, 0.5) is 0 Å². The molecule has 0 heterocycles. The molecule has 1 nitrogen and oxygen atoms in total. The fraction of sp³-hybridized carbons (Fsp3) is 0.333. The minimum Gasteiger partial charge on any atom is -0.497 e. The van der Waals surface area contributed by atoms with Crippen molar-refractivity contribution in [2.45, 2.75) is 19.8 Å². The number of hydrogen-bond acceptors (Lipinski definition) is 1. The molecule has 0 unspecified atom stereocenters. The summed E-state index contributed by atoms with van der Waals surface area (Å²) in [4.78, 5) is 0. The molecule has 0 aliphatic carbocycles. The number of halogens is 1. The first-order valence-corrected chi connectivity index (χ1v) is 5.75. The van der Waals surface area contributed by atoms with E-state index in [2.05, 4.69) is 47.7 Å². The second-order valence-corrected chi connectivity index (χ2v) is 4.88. The number of ether oxygens (including phenoxy) is 1. The molecule has 1 rings (SSSR count). The number of aryl methyl sites for hydroxylation is 1. The van der Waals surface area contributed by atoms with Gasteiger partial charge >= 0.3 is 0 Å². The number of benzene rings is 1. The summed E-state index contributed by atoms with van der Waals surface area (Å²) in [6.45, 7) is 2.12. The van der Waals surface area contributed by atoms with Gasteiger partial charge in [0.25, 0.3) is 0 Å². The van der Waals surface area contributed by atoms with E-state index in [0.29, 0.717) is 0 Å². The Kier molecular flexibility index (Phi) is 5.01. The van der Waals surface area contributed by atoms with Gasteiger partial charge in [0.05, 0.1) is 7.11 Å². The van der Waals surface area contributed by atoms with Crippen LogP contribution in [0, 0.1) is 0 Å². The molecule has 1 aromatic rings. The van der Waals surface area contributed by atoms with Crippen LogP contribution in [0.1, 0.15) is 18.9 Å². The van der Waals surface area contributed by atoms with Crippen molar-refractivity contribution in [3.05, 3.63) is 39.5 Å². The number of allylic oxidation sites excluding steroid dienone is 2. The van der Waals surface area contributed by atoms with Crippen molar-refractivity contribution in [3.63, 3.8) is 0 Å². The third kappa shape index (κ3) is 4.13. The third-order valence-corrected chi connectivity index (χ3v) is 2.43. The van der Waals surface area contributed by atoms with E-state index in [1.54, 1.807) is 7.11 Å². The highest BCUT2D eigenvalue weighted by Crippen LogP contribution is 2.15. The van der Waals surface area contributed by atoms with Crippen molar-refractivity contribution in [2.24, 2.45) is 0 Å². The molecule has 0 spiro atoms. The summed E-state index contributed by atoms with van der Waals surface area (Å²) in [6, 6.07) is 8.24. The Morgan fingerprint density at radius 2 is 2.29 bits per heavy atom. The van der Waals surface area contributed by atoms with Gasteiger partial charge in [0.1, 0.15) is 5.75 Å². The van der Waals surface area contributed by atoms with Crippen molar-refractivity contribution in [1.82, 2.24) is 0 Å². The molecule has 14 heavy (non-hydrogen) atoms. The lowest BCUT2D eigenvalue weighted by atomic mass is 10.1. The molecule has 0 aromatic heterocycles. The molecule has 0 aliphatic rings. The SMILES string of the molecule is COc1cccc(CC/C=C(\C)I)c1. The van der Waals surface area contributed by atoms with Crippen LogP contribution in [0.2, 0.25) is 0 Å². The van der Waals surface area contributed by atoms with Gasteiger partial charge in [-0.2, -0.15) is 0 Å². The largest absolute Gasteiger partial charge is 0.497 e. The van der Waals surface area contributed by atoms with Crippen molar-refractivity contribution in [2.75, 3.05) is 7.11 Å². The van der Waals surface area contributed by atoms with Gasteiger partial charge in [0.15, 0.2) is 0 Å². The smallest absolute Gasteiger partial charge is 0.119 e. The molecule has 0 bridgehead atoms. The first-order valence-electron chi connectivity index (χ1n) is 4.67. The fourth-order valence-corrected chi connectivity index (χ4v) is 1.58. The monoisotopic (exact) mass is 302 g/mol. The molecule has 76 valence electrons. The highest BCUT2D eigenvalue weighted by Gasteiger charge is 1.94. The van der Waals surface area contributed by atoms with Crippen LogP contribution in [0.3, 0.4) is 0 Å². The lowest BCUT2D eigenvalue weighted by molar-refractivity contribution is 0.414. The van der Waals surface area contributed by atoms with Gasteiger partial charge in [-0.25, -0.2) is 0 Å². The van der Waals surface area contributed by atoms with Gasteiger partial charge in [0, 0.05) is 0 Å². The topological polar surface area (TPSA) is 9.23 Å². The van der Waals surface area contributed by atoms with Crippen molar-refractivity contribution in [3.8, 4) is 5.75 Å². The lowest BCUT2D eigenvalue weighted by Crippen LogP contribution is -1.86. The Labute approximate surface area is 99.3 Å². The van der Waals surface area contributed by atoms with E-state index in [0.717, 1.165) is 18.6 Å². The first kappa shape index (κ1) is 11.6. The summed E-state index contributed by atoms with van der Waals surface area (Å²) in [5.74, 6) is 0.942. The summed E-state index contributed by atoms with van der Waals surface area (Å²) >= 11 is 2.34. The molecule has 0 saturated heterocycles. The van der Waals surface area contributed by atoms with E-state index < -0.39 is 0 Å². The molecule has 2 heteroatoms. The average Bonchev–Trinajstić information content (AvgIpc) is 2.18. The zero-order valence-corrected chi connectivity index (χ0v) is 10.7. The molecular weight excluding hydrogens is 287 g/mol. The van der Waals surface area contributed by atoms with Gasteiger partial charge < -0.3 is 4.74 Å². The summed E-state index contributed by atoms with van der Waals surface area (Å²) < 4.78 is 6.52. The number of methoxy groups -OCH3 is 1. The standard InChI is InChI=1S/C12H15IO/c1-10(13)5-3-6-11-7-4-8-12(9-11)14-2/h4-5,7-9H,3,6H2,1-2H3/b10-5+. The predicted octanol–water partition coefficient (Wildman–Crippen LogP) is 3.97.